The molecule has 110 valence electrons. The molecule has 0 saturated heterocycles. The first-order valence-electron chi connectivity index (χ1n) is 6.18. The molecule has 20 heavy (non-hydrogen) atoms. The van der Waals surface area contributed by atoms with Crippen molar-refractivity contribution in [2.45, 2.75) is 32.2 Å². The highest BCUT2D eigenvalue weighted by molar-refractivity contribution is 6.30. The van der Waals surface area contributed by atoms with Crippen LogP contribution < -0.4 is 10.6 Å². The molecule has 1 aromatic rings. The van der Waals surface area contributed by atoms with E-state index in [2.05, 4.69) is 10.6 Å². The van der Waals surface area contributed by atoms with Gasteiger partial charge in [-0.3, -0.25) is 0 Å². The first-order valence-corrected chi connectivity index (χ1v) is 6.56. The summed E-state index contributed by atoms with van der Waals surface area (Å²) < 4.78 is 13.1. The van der Waals surface area contributed by atoms with Crippen LogP contribution >= 0.6 is 11.6 Å². The third-order valence-electron chi connectivity index (χ3n) is 2.57. The Morgan fingerprint density at radius 3 is 2.65 bits per heavy atom. The van der Waals surface area contributed by atoms with Gasteiger partial charge in [0.05, 0.1) is 0 Å². The summed E-state index contributed by atoms with van der Waals surface area (Å²) in [7, 11) is 0. The summed E-state index contributed by atoms with van der Waals surface area (Å²) in [5.41, 5.74) is 0.159. The van der Waals surface area contributed by atoms with Crippen molar-refractivity contribution in [3.05, 3.63) is 29.0 Å². The van der Waals surface area contributed by atoms with Crippen LogP contribution in [0.2, 0.25) is 5.02 Å². The van der Waals surface area contributed by atoms with Crippen molar-refractivity contribution >= 4 is 29.3 Å². The lowest BCUT2D eigenvalue weighted by molar-refractivity contribution is -0.139. The Hall–Kier alpha value is -1.82. The fourth-order valence-corrected chi connectivity index (χ4v) is 1.84. The molecule has 0 bridgehead atoms. The minimum Gasteiger partial charge on any atom is -0.480 e. The van der Waals surface area contributed by atoms with Crippen LogP contribution in [0.15, 0.2) is 18.2 Å². The molecular weight excluding hydrogens is 287 g/mol. The van der Waals surface area contributed by atoms with Crippen molar-refractivity contribution in [1.82, 2.24) is 5.32 Å². The molecule has 3 N–H and O–H groups in total. The number of carbonyl (C=O) groups is 2. The average molecular weight is 303 g/mol. The Morgan fingerprint density at radius 2 is 2.10 bits per heavy atom. The lowest BCUT2D eigenvalue weighted by atomic mass is 10.1. The number of anilines is 1. The van der Waals surface area contributed by atoms with E-state index in [0.29, 0.717) is 12.8 Å². The van der Waals surface area contributed by atoms with Crippen LogP contribution in [0.1, 0.15) is 26.2 Å². The van der Waals surface area contributed by atoms with Crippen LogP contribution in [0, 0.1) is 5.82 Å². The molecule has 0 spiro atoms. The van der Waals surface area contributed by atoms with Crippen molar-refractivity contribution in [3.8, 4) is 0 Å². The molecule has 0 radical (unpaired) electrons. The van der Waals surface area contributed by atoms with E-state index < -0.39 is 23.9 Å². The second kappa shape index (κ2) is 7.69. The Balaban J connectivity index is 2.63. The van der Waals surface area contributed by atoms with Crippen LogP contribution in [-0.2, 0) is 4.79 Å². The molecule has 1 rings (SSSR count). The zero-order valence-corrected chi connectivity index (χ0v) is 11.7. The van der Waals surface area contributed by atoms with Crippen molar-refractivity contribution in [3.63, 3.8) is 0 Å². The van der Waals surface area contributed by atoms with Gasteiger partial charge in [-0.25, -0.2) is 14.0 Å². The van der Waals surface area contributed by atoms with E-state index in [1.165, 1.54) is 6.07 Å². The number of benzene rings is 1. The number of hydrogen-bond donors (Lipinski definition) is 3. The number of carboxylic acids is 1. The van der Waals surface area contributed by atoms with Gasteiger partial charge in [0.1, 0.15) is 11.9 Å². The summed E-state index contributed by atoms with van der Waals surface area (Å²) in [5, 5.41) is 13.8. The highest BCUT2D eigenvalue weighted by atomic mass is 35.5. The molecule has 2 amide bonds. The van der Waals surface area contributed by atoms with Crippen LogP contribution in [-0.4, -0.2) is 23.1 Å². The molecule has 5 nitrogen and oxygen atoms in total. The zero-order chi connectivity index (χ0) is 15.1. The van der Waals surface area contributed by atoms with Crippen LogP contribution in [0.5, 0.6) is 0 Å². The van der Waals surface area contributed by atoms with Crippen molar-refractivity contribution in [2.75, 3.05) is 5.32 Å². The number of carbonyl (C=O) groups excluding carboxylic acids is 1. The molecule has 1 unspecified atom stereocenters. The molecule has 0 saturated carbocycles. The Morgan fingerprint density at radius 1 is 1.40 bits per heavy atom. The number of aliphatic carboxylic acids is 1. The highest BCUT2D eigenvalue weighted by Gasteiger charge is 2.19. The van der Waals surface area contributed by atoms with E-state index in [1.54, 1.807) is 0 Å². The highest BCUT2D eigenvalue weighted by Crippen LogP contribution is 2.17. The van der Waals surface area contributed by atoms with Crippen LogP contribution in [0.3, 0.4) is 0 Å². The van der Waals surface area contributed by atoms with Gasteiger partial charge in [-0.05, 0) is 24.6 Å². The third-order valence-corrected chi connectivity index (χ3v) is 2.79. The molecule has 1 aromatic carbocycles. The van der Waals surface area contributed by atoms with Gasteiger partial charge in [-0.15, -0.1) is 0 Å². The number of carboxylic acid groups (broad SMARTS) is 1. The molecule has 0 aliphatic carbocycles. The Bertz CT molecular complexity index is 476. The van der Waals surface area contributed by atoms with Gasteiger partial charge in [0.2, 0.25) is 0 Å². The SMILES string of the molecule is CCCCC(NC(=O)Nc1cc(F)cc(Cl)c1)C(=O)O. The third kappa shape index (κ3) is 5.44. The van der Waals surface area contributed by atoms with E-state index >= 15 is 0 Å². The number of amides is 2. The van der Waals surface area contributed by atoms with Crippen LogP contribution in [0.25, 0.3) is 0 Å². The van der Waals surface area contributed by atoms with Crippen LogP contribution in [0.4, 0.5) is 14.9 Å². The standard InChI is InChI=1S/C13H16ClFN2O3/c1-2-3-4-11(12(18)19)17-13(20)16-10-6-8(14)5-9(15)7-10/h5-7,11H,2-4H2,1H3,(H,18,19)(H2,16,17,20). The summed E-state index contributed by atoms with van der Waals surface area (Å²) >= 11 is 5.65. The predicted molar refractivity (Wildman–Crippen MR) is 74.5 cm³/mol. The number of unbranched alkanes of at least 4 members (excludes halogenated alkanes) is 1. The summed E-state index contributed by atoms with van der Waals surface area (Å²) in [6.45, 7) is 1.92. The van der Waals surface area contributed by atoms with E-state index in [-0.39, 0.29) is 10.7 Å². The van der Waals surface area contributed by atoms with Gasteiger partial charge in [0.25, 0.3) is 0 Å². The smallest absolute Gasteiger partial charge is 0.326 e. The molecule has 0 aromatic heterocycles. The first-order chi connectivity index (χ1) is 9.42. The molecule has 7 heteroatoms. The van der Waals surface area contributed by atoms with Gasteiger partial charge in [0.15, 0.2) is 0 Å². The van der Waals surface area contributed by atoms with Gasteiger partial charge in [0, 0.05) is 10.7 Å². The lowest BCUT2D eigenvalue weighted by Crippen LogP contribution is -2.42. The lowest BCUT2D eigenvalue weighted by Gasteiger charge is -2.15. The molecule has 0 aliphatic rings. The summed E-state index contributed by atoms with van der Waals surface area (Å²) in [5.74, 6) is -1.69. The largest absolute Gasteiger partial charge is 0.480 e. The van der Waals surface area contributed by atoms with E-state index in [0.717, 1.165) is 18.6 Å². The van der Waals surface area contributed by atoms with Crippen molar-refractivity contribution < 1.29 is 19.1 Å². The second-order valence-electron chi connectivity index (χ2n) is 4.29. The molecule has 0 heterocycles. The normalized spacial score (nSPS) is 11.8. The Labute approximate surface area is 121 Å². The van der Waals surface area contributed by atoms with Crippen molar-refractivity contribution in [2.24, 2.45) is 0 Å². The molecule has 1 atom stereocenters. The fraction of sp³-hybridized carbons (Fsp3) is 0.385. The van der Waals surface area contributed by atoms with E-state index in [9.17, 15) is 14.0 Å². The quantitative estimate of drug-likeness (QED) is 0.755. The number of rotatable bonds is 6. The maximum atomic E-state index is 13.1. The van der Waals surface area contributed by atoms with E-state index in [4.69, 9.17) is 16.7 Å². The van der Waals surface area contributed by atoms with E-state index in [1.807, 2.05) is 6.92 Å². The second-order valence-corrected chi connectivity index (χ2v) is 4.73. The number of urea groups is 1. The average Bonchev–Trinajstić information content (AvgIpc) is 2.32. The first kappa shape index (κ1) is 16.2. The number of halogens is 2. The summed E-state index contributed by atoms with van der Waals surface area (Å²) in [4.78, 5) is 22.6. The van der Waals surface area contributed by atoms with Gasteiger partial charge >= 0.3 is 12.0 Å². The van der Waals surface area contributed by atoms with Gasteiger partial charge < -0.3 is 15.7 Å². The summed E-state index contributed by atoms with van der Waals surface area (Å²) in [6.07, 6.45) is 1.85. The summed E-state index contributed by atoms with van der Waals surface area (Å²) in [6, 6.07) is 1.87. The van der Waals surface area contributed by atoms with Crippen molar-refractivity contribution in [1.29, 1.82) is 0 Å². The van der Waals surface area contributed by atoms with Gasteiger partial charge in [-0.1, -0.05) is 31.4 Å². The number of hydrogen-bond acceptors (Lipinski definition) is 2. The van der Waals surface area contributed by atoms with Gasteiger partial charge in [-0.2, -0.15) is 0 Å². The topological polar surface area (TPSA) is 78.4 Å². The maximum Gasteiger partial charge on any atom is 0.326 e. The minimum absolute atomic E-state index is 0.140. The monoisotopic (exact) mass is 302 g/mol. The molecule has 0 fully saturated rings. The molecular formula is C13H16ClFN2O3. The predicted octanol–water partition coefficient (Wildman–Crippen LogP) is 3.24. The zero-order valence-electron chi connectivity index (χ0n) is 11.0. The Kier molecular flexibility index (Phi) is 6.24. The molecule has 0 aliphatic heterocycles. The maximum absolute atomic E-state index is 13.1. The fourth-order valence-electron chi connectivity index (χ4n) is 1.62. The minimum atomic E-state index is -1.11. The number of nitrogens with one attached hydrogen (secondary N) is 2.